The number of thioether (sulfide) groups is 1. The molecule has 2 aromatic rings. The van der Waals surface area contributed by atoms with E-state index in [0.717, 1.165) is 42.7 Å². The van der Waals surface area contributed by atoms with E-state index in [1.807, 2.05) is 18.4 Å². The molecular weight excluding hydrogens is 306 g/mol. The van der Waals surface area contributed by atoms with E-state index in [1.54, 1.807) is 11.8 Å². The van der Waals surface area contributed by atoms with Crippen LogP contribution in [0.5, 0.6) is 0 Å². The van der Waals surface area contributed by atoms with E-state index in [4.69, 9.17) is 16.1 Å². The molecule has 0 saturated carbocycles. The number of rotatable bonds is 5. The van der Waals surface area contributed by atoms with Gasteiger partial charge in [-0.1, -0.05) is 35.0 Å². The first-order chi connectivity index (χ1) is 10.3. The Hall–Kier alpha value is -1.04. The first-order valence-corrected chi connectivity index (χ1v) is 8.80. The van der Waals surface area contributed by atoms with Gasteiger partial charge in [-0.15, -0.1) is 0 Å². The van der Waals surface area contributed by atoms with Crippen molar-refractivity contribution in [3.8, 4) is 0 Å². The number of halogens is 1. The lowest BCUT2D eigenvalue weighted by molar-refractivity contribution is 0.265. The van der Waals surface area contributed by atoms with Gasteiger partial charge >= 0.3 is 0 Å². The van der Waals surface area contributed by atoms with Crippen molar-refractivity contribution in [2.24, 2.45) is 0 Å². The van der Waals surface area contributed by atoms with Crippen LogP contribution in [-0.4, -0.2) is 34.4 Å². The van der Waals surface area contributed by atoms with E-state index in [0.29, 0.717) is 11.8 Å². The smallest absolute Gasteiger partial charge is 0.240 e. The van der Waals surface area contributed by atoms with E-state index >= 15 is 0 Å². The summed E-state index contributed by atoms with van der Waals surface area (Å²) in [4.78, 5) is 6.76. The SMILES string of the molecule is CSCc1noc(CN2CCC(c3ccccc3Cl)C2)n1. The number of nitrogens with zero attached hydrogens (tertiary/aromatic N) is 3. The van der Waals surface area contributed by atoms with Gasteiger partial charge in [0, 0.05) is 11.6 Å². The second-order valence-corrected chi connectivity index (χ2v) is 6.55. The zero-order valence-electron chi connectivity index (χ0n) is 12.0. The fourth-order valence-corrected chi connectivity index (χ4v) is 3.44. The van der Waals surface area contributed by atoms with Crippen LogP contribution >= 0.6 is 23.4 Å². The minimum Gasteiger partial charge on any atom is -0.338 e. The molecule has 1 saturated heterocycles. The summed E-state index contributed by atoms with van der Waals surface area (Å²) in [7, 11) is 0. The predicted molar refractivity (Wildman–Crippen MR) is 85.6 cm³/mol. The lowest BCUT2D eigenvalue weighted by atomic mass is 9.98. The lowest BCUT2D eigenvalue weighted by Crippen LogP contribution is -2.20. The minimum atomic E-state index is 0.493. The summed E-state index contributed by atoms with van der Waals surface area (Å²) >= 11 is 7.99. The molecule has 3 rings (SSSR count). The van der Waals surface area contributed by atoms with Crippen molar-refractivity contribution >= 4 is 23.4 Å². The monoisotopic (exact) mass is 323 g/mol. The molecule has 1 aromatic carbocycles. The second-order valence-electron chi connectivity index (χ2n) is 5.28. The average Bonchev–Trinajstić information content (AvgIpc) is 3.10. The summed E-state index contributed by atoms with van der Waals surface area (Å²) in [5.74, 6) is 2.77. The van der Waals surface area contributed by atoms with Gasteiger partial charge in [-0.05, 0) is 36.8 Å². The summed E-state index contributed by atoms with van der Waals surface area (Å²) < 4.78 is 5.30. The van der Waals surface area contributed by atoms with Crippen molar-refractivity contribution in [2.75, 3.05) is 19.3 Å². The fourth-order valence-electron chi connectivity index (χ4n) is 2.77. The third-order valence-electron chi connectivity index (χ3n) is 3.76. The maximum atomic E-state index is 6.29. The van der Waals surface area contributed by atoms with Crippen molar-refractivity contribution in [1.29, 1.82) is 0 Å². The standard InChI is InChI=1S/C15H18ClN3OS/c1-21-10-14-17-15(20-18-14)9-19-7-6-11(8-19)12-4-2-3-5-13(12)16/h2-5,11H,6-10H2,1H3. The first kappa shape index (κ1) is 14.9. The van der Waals surface area contributed by atoms with Crippen LogP contribution in [0.4, 0.5) is 0 Å². The van der Waals surface area contributed by atoms with Crippen LogP contribution in [0.1, 0.15) is 29.6 Å². The number of aromatic nitrogens is 2. The van der Waals surface area contributed by atoms with Crippen molar-refractivity contribution in [3.05, 3.63) is 46.6 Å². The van der Waals surface area contributed by atoms with Crippen LogP contribution in [0.2, 0.25) is 5.02 Å². The van der Waals surface area contributed by atoms with E-state index in [-0.39, 0.29) is 0 Å². The molecule has 2 heterocycles. The van der Waals surface area contributed by atoms with Gasteiger partial charge in [0.2, 0.25) is 5.89 Å². The Kier molecular flexibility index (Phi) is 4.83. The summed E-state index contributed by atoms with van der Waals surface area (Å²) in [6, 6.07) is 8.12. The predicted octanol–water partition coefficient (Wildman–Crippen LogP) is 3.58. The van der Waals surface area contributed by atoms with Crippen molar-refractivity contribution in [1.82, 2.24) is 15.0 Å². The number of hydrogen-bond acceptors (Lipinski definition) is 5. The molecule has 1 aromatic heterocycles. The Balaban J connectivity index is 1.60. The molecule has 1 aliphatic rings. The van der Waals surface area contributed by atoms with Gasteiger partial charge in [0.05, 0.1) is 12.3 Å². The van der Waals surface area contributed by atoms with Gasteiger partial charge in [-0.2, -0.15) is 16.7 Å². The molecule has 0 N–H and O–H groups in total. The van der Waals surface area contributed by atoms with Crippen LogP contribution in [0.25, 0.3) is 0 Å². The van der Waals surface area contributed by atoms with Gasteiger partial charge in [0.1, 0.15) is 0 Å². The molecule has 1 atom stereocenters. The molecule has 112 valence electrons. The molecule has 0 bridgehead atoms. The van der Waals surface area contributed by atoms with E-state index < -0.39 is 0 Å². The lowest BCUT2D eigenvalue weighted by Gasteiger charge is -2.14. The summed E-state index contributed by atoms with van der Waals surface area (Å²) in [5.41, 5.74) is 1.25. The highest BCUT2D eigenvalue weighted by molar-refractivity contribution is 7.97. The normalized spacial score (nSPS) is 19.2. The zero-order chi connectivity index (χ0) is 14.7. The fraction of sp³-hybridized carbons (Fsp3) is 0.467. The Morgan fingerprint density at radius 3 is 3.10 bits per heavy atom. The minimum absolute atomic E-state index is 0.493. The van der Waals surface area contributed by atoms with Gasteiger partial charge in [-0.3, -0.25) is 4.90 Å². The highest BCUT2D eigenvalue weighted by Crippen LogP contribution is 2.32. The van der Waals surface area contributed by atoms with Crippen LogP contribution in [0, 0.1) is 0 Å². The molecule has 4 nitrogen and oxygen atoms in total. The summed E-state index contributed by atoms with van der Waals surface area (Å²) in [5, 5.41) is 4.85. The highest BCUT2D eigenvalue weighted by Gasteiger charge is 2.26. The second kappa shape index (κ2) is 6.81. The Bertz CT molecular complexity index is 604. The average molecular weight is 324 g/mol. The van der Waals surface area contributed by atoms with Crippen LogP contribution in [-0.2, 0) is 12.3 Å². The van der Waals surface area contributed by atoms with Gasteiger partial charge in [0.15, 0.2) is 5.82 Å². The summed E-state index contributed by atoms with van der Waals surface area (Å²) in [6.45, 7) is 2.75. The maximum absolute atomic E-state index is 6.29. The number of hydrogen-bond donors (Lipinski definition) is 0. The van der Waals surface area contributed by atoms with Gasteiger partial charge < -0.3 is 4.52 Å². The number of benzene rings is 1. The molecule has 1 aliphatic heterocycles. The quantitative estimate of drug-likeness (QED) is 0.841. The molecule has 1 unspecified atom stereocenters. The zero-order valence-corrected chi connectivity index (χ0v) is 13.5. The molecule has 21 heavy (non-hydrogen) atoms. The molecule has 0 aliphatic carbocycles. The van der Waals surface area contributed by atoms with Crippen molar-refractivity contribution < 1.29 is 4.52 Å². The van der Waals surface area contributed by atoms with E-state index in [2.05, 4.69) is 27.2 Å². The van der Waals surface area contributed by atoms with Crippen molar-refractivity contribution in [3.63, 3.8) is 0 Å². The molecule has 0 radical (unpaired) electrons. The van der Waals surface area contributed by atoms with Crippen LogP contribution < -0.4 is 0 Å². The molecular formula is C15H18ClN3OS. The molecule has 6 heteroatoms. The van der Waals surface area contributed by atoms with Gasteiger partial charge in [0.25, 0.3) is 0 Å². The van der Waals surface area contributed by atoms with E-state index in [9.17, 15) is 0 Å². The van der Waals surface area contributed by atoms with Crippen molar-refractivity contribution in [2.45, 2.75) is 24.6 Å². The topological polar surface area (TPSA) is 42.2 Å². The van der Waals surface area contributed by atoms with Crippen LogP contribution in [0.3, 0.4) is 0 Å². The Labute approximate surface area is 133 Å². The molecule has 1 fully saturated rings. The van der Waals surface area contributed by atoms with Crippen LogP contribution in [0.15, 0.2) is 28.8 Å². The number of likely N-dealkylation sites (tertiary alicyclic amines) is 1. The Morgan fingerprint density at radius 2 is 2.29 bits per heavy atom. The molecule has 0 amide bonds. The van der Waals surface area contributed by atoms with Gasteiger partial charge in [-0.25, -0.2) is 0 Å². The maximum Gasteiger partial charge on any atom is 0.240 e. The van der Waals surface area contributed by atoms with E-state index in [1.165, 1.54) is 5.56 Å². The third kappa shape index (κ3) is 3.59. The Morgan fingerprint density at radius 1 is 1.43 bits per heavy atom. The molecule has 0 spiro atoms. The third-order valence-corrected chi connectivity index (χ3v) is 4.65. The first-order valence-electron chi connectivity index (χ1n) is 7.03. The summed E-state index contributed by atoms with van der Waals surface area (Å²) in [6.07, 6.45) is 3.15. The highest BCUT2D eigenvalue weighted by atomic mass is 35.5. The largest absolute Gasteiger partial charge is 0.338 e.